The largest absolute Gasteiger partial charge is 0.351 e. The average molecular weight is 300 g/mol. The Kier molecular flexibility index (Phi) is 4.39. The Labute approximate surface area is 117 Å². The van der Waals surface area contributed by atoms with Gasteiger partial charge in [0.15, 0.2) is 0 Å². The third kappa shape index (κ3) is 4.01. The molecular weight excluding hydrogens is 283 g/mol. The molecule has 0 bridgehead atoms. The molecule has 20 heavy (non-hydrogen) atoms. The summed E-state index contributed by atoms with van der Waals surface area (Å²) in [6.07, 6.45) is 2.66. The number of rotatable bonds is 6. The van der Waals surface area contributed by atoms with Crippen molar-refractivity contribution in [3.63, 3.8) is 0 Å². The number of amides is 1. The van der Waals surface area contributed by atoms with Crippen LogP contribution in [0.15, 0.2) is 24.3 Å². The predicted molar refractivity (Wildman–Crippen MR) is 72.8 cm³/mol. The average Bonchev–Trinajstić information content (AvgIpc) is 3.18. The maximum absolute atomic E-state index is 13.4. The van der Waals surface area contributed by atoms with Crippen LogP contribution < -0.4 is 5.32 Å². The quantitative estimate of drug-likeness (QED) is 0.847. The van der Waals surface area contributed by atoms with E-state index in [2.05, 4.69) is 5.32 Å². The molecule has 7 heteroatoms. The van der Waals surface area contributed by atoms with Crippen LogP contribution in [0.4, 0.5) is 4.39 Å². The van der Waals surface area contributed by atoms with E-state index in [1.165, 1.54) is 10.4 Å². The van der Waals surface area contributed by atoms with Crippen LogP contribution in [0.1, 0.15) is 18.4 Å². The van der Waals surface area contributed by atoms with E-state index in [9.17, 15) is 17.6 Å². The van der Waals surface area contributed by atoms with Crippen molar-refractivity contribution >= 4 is 15.9 Å². The van der Waals surface area contributed by atoms with E-state index < -0.39 is 21.7 Å². The number of carbonyl (C=O) groups excluding carboxylic acids is 1. The topological polar surface area (TPSA) is 66.5 Å². The fraction of sp³-hybridized carbons (Fsp3) is 0.462. The summed E-state index contributed by atoms with van der Waals surface area (Å²) in [4.78, 5) is 11.8. The van der Waals surface area contributed by atoms with Crippen LogP contribution in [0.3, 0.4) is 0 Å². The molecule has 0 atom stereocenters. The summed E-state index contributed by atoms with van der Waals surface area (Å²) in [6.45, 7) is -0.161. The molecular formula is C13H17FN2O3S. The maximum atomic E-state index is 13.4. The zero-order valence-corrected chi connectivity index (χ0v) is 12.0. The lowest BCUT2D eigenvalue weighted by Gasteiger charge is -2.18. The van der Waals surface area contributed by atoms with E-state index in [4.69, 9.17) is 0 Å². The first-order chi connectivity index (χ1) is 9.38. The van der Waals surface area contributed by atoms with E-state index in [1.807, 2.05) is 0 Å². The van der Waals surface area contributed by atoms with Gasteiger partial charge in [0, 0.05) is 18.2 Å². The number of benzene rings is 1. The summed E-state index contributed by atoms with van der Waals surface area (Å²) >= 11 is 0. The summed E-state index contributed by atoms with van der Waals surface area (Å²) in [7, 11) is -3.39. The van der Waals surface area contributed by atoms with Gasteiger partial charge in [-0.3, -0.25) is 4.79 Å². The van der Waals surface area contributed by atoms with E-state index in [1.54, 1.807) is 18.2 Å². The molecule has 0 radical (unpaired) electrons. The molecule has 0 unspecified atom stereocenters. The number of nitrogens with zero attached hydrogens (tertiary/aromatic N) is 1. The number of nitrogens with one attached hydrogen (secondary N) is 1. The van der Waals surface area contributed by atoms with Gasteiger partial charge in [-0.1, -0.05) is 18.2 Å². The van der Waals surface area contributed by atoms with Crippen molar-refractivity contribution < 1.29 is 17.6 Å². The molecule has 0 aromatic heterocycles. The highest BCUT2D eigenvalue weighted by molar-refractivity contribution is 7.88. The summed E-state index contributed by atoms with van der Waals surface area (Å²) in [5.41, 5.74) is 0.373. The Balaban J connectivity index is 1.91. The minimum Gasteiger partial charge on any atom is -0.351 e. The van der Waals surface area contributed by atoms with Crippen LogP contribution in [-0.2, 0) is 21.4 Å². The molecule has 1 saturated carbocycles. The van der Waals surface area contributed by atoms with Crippen LogP contribution in [0.25, 0.3) is 0 Å². The Morgan fingerprint density at radius 1 is 1.40 bits per heavy atom. The minimum absolute atomic E-state index is 0.0494. The second-order valence-electron chi connectivity index (χ2n) is 4.91. The van der Waals surface area contributed by atoms with Crippen LogP contribution in [0, 0.1) is 5.82 Å². The van der Waals surface area contributed by atoms with E-state index >= 15 is 0 Å². The van der Waals surface area contributed by atoms with Gasteiger partial charge in [-0.05, 0) is 18.9 Å². The highest BCUT2D eigenvalue weighted by atomic mass is 32.2. The van der Waals surface area contributed by atoms with Crippen LogP contribution in [-0.4, -0.2) is 37.5 Å². The maximum Gasteiger partial charge on any atom is 0.235 e. The van der Waals surface area contributed by atoms with Gasteiger partial charge in [-0.15, -0.1) is 0 Å². The molecule has 0 spiro atoms. The van der Waals surface area contributed by atoms with Gasteiger partial charge in [0.25, 0.3) is 0 Å². The fourth-order valence-electron chi connectivity index (χ4n) is 1.91. The Hall–Kier alpha value is -1.47. The standard InChI is InChI=1S/C13H17FN2O3S/c1-20(18,19)16(11-6-7-11)9-13(17)15-8-10-4-2-3-5-12(10)14/h2-5,11H,6-9H2,1H3,(H,15,17). The number of hydrogen-bond donors (Lipinski definition) is 1. The van der Waals surface area contributed by atoms with Gasteiger partial charge >= 0.3 is 0 Å². The first-order valence-corrected chi connectivity index (χ1v) is 8.19. The van der Waals surface area contributed by atoms with Crippen molar-refractivity contribution in [2.75, 3.05) is 12.8 Å². The molecule has 1 N–H and O–H groups in total. The summed E-state index contributed by atoms with van der Waals surface area (Å²) in [5.74, 6) is -0.819. The van der Waals surface area contributed by atoms with Gasteiger partial charge in [0.1, 0.15) is 5.82 Å². The second kappa shape index (κ2) is 5.88. The Bertz CT molecular complexity index is 599. The molecule has 1 fully saturated rings. The van der Waals surface area contributed by atoms with Crippen molar-refractivity contribution in [2.45, 2.75) is 25.4 Å². The normalized spacial score (nSPS) is 15.3. The molecule has 1 aliphatic rings. The molecule has 1 aromatic carbocycles. The van der Waals surface area contributed by atoms with Crippen molar-refractivity contribution in [2.24, 2.45) is 0 Å². The van der Waals surface area contributed by atoms with Crippen molar-refractivity contribution in [3.8, 4) is 0 Å². The summed E-state index contributed by atoms with van der Waals surface area (Å²) in [6, 6.07) is 6.07. The lowest BCUT2D eigenvalue weighted by molar-refractivity contribution is -0.121. The zero-order chi connectivity index (χ0) is 14.8. The predicted octanol–water partition coefficient (Wildman–Crippen LogP) is 0.866. The molecule has 0 heterocycles. The van der Waals surface area contributed by atoms with Crippen molar-refractivity contribution in [1.29, 1.82) is 0 Å². The molecule has 0 aliphatic heterocycles. The molecule has 0 saturated heterocycles. The molecule has 1 aromatic rings. The zero-order valence-electron chi connectivity index (χ0n) is 11.2. The van der Waals surface area contributed by atoms with E-state index in [0.717, 1.165) is 19.1 Å². The lowest BCUT2D eigenvalue weighted by atomic mass is 10.2. The second-order valence-corrected chi connectivity index (χ2v) is 6.84. The van der Waals surface area contributed by atoms with Gasteiger partial charge in [-0.25, -0.2) is 12.8 Å². The minimum atomic E-state index is -3.39. The SMILES string of the molecule is CS(=O)(=O)N(CC(=O)NCc1ccccc1F)C1CC1. The molecule has 110 valence electrons. The number of hydrogen-bond acceptors (Lipinski definition) is 3. The molecule has 1 aliphatic carbocycles. The lowest BCUT2D eigenvalue weighted by Crippen LogP contribution is -2.41. The number of carbonyl (C=O) groups is 1. The van der Waals surface area contributed by atoms with Crippen molar-refractivity contribution in [1.82, 2.24) is 9.62 Å². The van der Waals surface area contributed by atoms with E-state index in [-0.39, 0.29) is 19.1 Å². The van der Waals surface area contributed by atoms with Gasteiger partial charge in [0.05, 0.1) is 12.8 Å². The summed E-state index contributed by atoms with van der Waals surface area (Å²) < 4.78 is 37.7. The molecule has 1 amide bonds. The highest BCUT2D eigenvalue weighted by Crippen LogP contribution is 2.28. The van der Waals surface area contributed by atoms with Crippen molar-refractivity contribution in [3.05, 3.63) is 35.6 Å². The Morgan fingerprint density at radius 3 is 2.60 bits per heavy atom. The third-order valence-electron chi connectivity index (χ3n) is 3.11. The molecule has 2 rings (SSSR count). The van der Waals surface area contributed by atoms with Crippen LogP contribution >= 0.6 is 0 Å². The van der Waals surface area contributed by atoms with Gasteiger partial charge in [0.2, 0.25) is 15.9 Å². The van der Waals surface area contributed by atoms with E-state index in [0.29, 0.717) is 5.56 Å². The fourth-order valence-corrected chi connectivity index (χ4v) is 3.02. The first kappa shape index (κ1) is 14.9. The van der Waals surface area contributed by atoms with Gasteiger partial charge < -0.3 is 5.32 Å². The van der Waals surface area contributed by atoms with Crippen LogP contribution in [0.2, 0.25) is 0 Å². The first-order valence-electron chi connectivity index (χ1n) is 6.35. The summed E-state index contributed by atoms with van der Waals surface area (Å²) in [5, 5.41) is 2.54. The smallest absolute Gasteiger partial charge is 0.235 e. The number of halogens is 1. The third-order valence-corrected chi connectivity index (χ3v) is 4.39. The van der Waals surface area contributed by atoms with Crippen LogP contribution in [0.5, 0.6) is 0 Å². The van der Waals surface area contributed by atoms with Gasteiger partial charge in [-0.2, -0.15) is 4.31 Å². The highest BCUT2D eigenvalue weighted by Gasteiger charge is 2.36. The monoisotopic (exact) mass is 300 g/mol. The Morgan fingerprint density at radius 2 is 2.05 bits per heavy atom. The number of sulfonamides is 1. The molecule has 5 nitrogen and oxygen atoms in total.